The number of thiophene rings is 1. The number of amides is 1. The molecule has 10 nitrogen and oxygen atoms in total. The maximum Gasteiger partial charge on any atom is 0.410 e. The number of rotatable bonds is 5. The number of benzene rings is 1. The summed E-state index contributed by atoms with van der Waals surface area (Å²) >= 11 is 1.20. The lowest BCUT2D eigenvalue weighted by molar-refractivity contribution is -0.384. The Kier molecular flexibility index (Phi) is 7.67. The third-order valence-corrected chi connectivity index (χ3v) is 8.72. The zero-order valence-electron chi connectivity index (χ0n) is 23.3. The molecular weight excluding hydrogens is 532 g/mol. The molecule has 5 rings (SSSR count). The summed E-state index contributed by atoms with van der Waals surface area (Å²) < 4.78 is 12.7. The van der Waals surface area contributed by atoms with Crippen molar-refractivity contribution in [2.75, 3.05) is 20.2 Å². The smallest absolute Gasteiger partial charge is 0.410 e. The van der Waals surface area contributed by atoms with Crippen LogP contribution in [0.25, 0.3) is 27.0 Å². The Hall–Kier alpha value is -3.73. The molecule has 2 aliphatic rings. The van der Waals surface area contributed by atoms with Gasteiger partial charge < -0.3 is 18.9 Å². The minimum Gasteiger partial charge on any atom is -0.465 e. The molecule has 11 heteroatoms. The average Bonchev–Trinajstić information content (AvgIpc) is 3.54. The maximum atomic E-state index is 12.9. The lowest BCUT2D eigenvalue weighted by atomic mass is 9.95. The van der Waals surface area contributed by atoms with E-state index in [0.29, 0.717) is 34.3 Å². The van der Waals surface area contributed by atoms with Gasteiger partial charge in [-0.05, 0) is 57.7 Å². The number of methoxy groups -OCH3 is 1. The molecule has 1 aliphatic heterocycles. The summed E-state index contributed by atoms with van der Waals surface area (Å²) in [5.41, 5.74) is 2.21. The van der Waals surface area contributed by atoms with Gasteiger partial charge in [0.25, 0.3) is 0 Å². The molecule has 40 heavy (non-hydrogen) atoms. The Labute approximate surface area is 236 Å². The summed E-state index contributed by atoms with van der Waals surface area (Å²) in [6.07, 6.45) is 9.60. The fraction of sp³-hybridized carbons (Fsp3) is 0.483. The van der Waals surface area contributed by atoms with Crippen molar-refractivity contribution in [2.24, 2.45) is 0 Å². The van der Waals surface area contributed by atoms with E-state index in [4.69, 9.17) is 9.47 Å². The van der Waals surface area contributed by atoms with Crippen LogP contribution in [0.15, 0.2) is 30.6 Å². The standard InChI is InChI=1S/C29H34N4O6S/c1-29(2,3)39-28(35)31-14-12-18(13-15-31)25-23(27(34)38-4)24(33(36)37)26(40-25)19-10-11-22-21(16-19)30-17-32(22)20-8-6-5-7-9-20/h10-12,16-17,20H,5-9,13-15H2,1-4H3. The third kappa shape index (κ3) is 5.47. The van der Waals surface area contributed by atoms with Crippen LogP contribution in [-0.4, -0.2) is 57.2 Å². The molecule has 212 valence electrons. The molecule has 3 heterocycles. The Morgan fingerprint density at radius 1 is 1.15 bits per heavy atom. The summed E-state index contributed by atoms with van der Waals surface area (Å²) in [4.78, 5) is 44.4. The van der Waals surface area contributed by atoms with Gasteiger partial charge in [0.1, 0.15) is 10.5 Å². The number of ether oxygens (including phenoxy) is 2. The van der Waals surface area contributed by atoms with Crippen molar-refractivity contribution in [2.45, 2.75) is 70.9 Å². The quantitative estimate of drug-likeness (QED) is 0.186. The van der Waals surface area contributed by atoms with Gasteiger partial charge in [-0.25, -0.2) is 14.6 Å². The van der Waals surface area contributed by atoms with Crippen molar-refractivity contribution in [1.82, 2.24) is 14.5 Å². The Morgan fingerprint density at radius 3 is 2.52 bits per heavy atom. The minimum atomic E-state index is -0.762. The topological polar surface area (TPSA) is 117 Å². The lowest BCUT2D eigenvalue weighted by Gasteiger charge is -2.29. The highest BCUT2D eigenvalue weighted by molar-refractivity contribution is 7.17. The van der Waals surface area contributed by atoms with Crippen LogP contribution in [0.1, 0.15) is 80.6 Å². The molecule has 0 unspecified atom stereocenters. The molecule has 1 amide bonds. The van der Waals surface area contributed by atoms with E-state index in [1.165, 1.54) is 37.7 Å². The molecule has 0 bridgehead atoms. The van der Waals surface area contributed by atoms with Gasteiger partial charge in [-0.3, -0.25) is 10.1 Å². The van der Waals surface area contributed by atoms with E-state index in [0.717, 1.165) is 29.4 Å². The SMILES string of the molecule is COC(=O)c1c(C2=CCN(C(=O)OC(C)(C)C)CC2)sc(-c2ccc3c(c2)ncn3C2CCCCC2)c1[N+](=O)[O-]. The number of hydrogen-bond acceptors (Lipinski definition) is 8. The number of imidazole rings is 1. The molecule has 0 N–H and O–H groups in total. The summed E-state index contributed by atoms with van der Waals surface area (Å²) in [5.74, 6) is -0.762. The first-order valence-electron chi connectivity index (χ1n) is 13.6. The second-order valence-corrected chi connectivity index (χ2v) is 12.3. The van der Waals surface area contributed by atoms with E-state index in [1.807, 2.05) is 51.4 Å². The Balaban J connectivity index is 1.53. The Morgan fingerprint density at radius 2 is 1.90 bits per heavy atom. The van der Waals surface area contributed by atoms with E-state index in [9.17, 15) is 19.7 Å². The highest BCUT2D eigenvalue weighted by Crippen LogP contribution is 2.47. The van der Waals surface area contributed by atoms with Crippen LogP contribution in [0.5, 0.6) is 0 Å². The zero-order valence-corrected chi connectivity index (χ0v) is 24.1. The van der Waals surface area contributed by atoms with Crippen LogP contribution in [0.3, 0.4) is 0 Å². The monoisotopic (exact) mass is 566 g/mol. The van der Waals surface area contributed by atoms with E-state index in [1.54, 1.807) is 4.90 Å². The van der Waals surface area contributed by atoms with Gasteiger partial charge in [0.2, 0.25) is 0 Å². The summed E-state index contributed by atoms with van der Waals surface area (Å²) in [5, 5.41) is 12.4. The second-order valence-electron chi connectivity index (χ2n) is 11.3. The van der Waals surface area contributed by atoms with Crippen molar-refractivity contribution < 1.29 is 24.0 Å². The molecule has 0 saturated heterocycles. The van der Waals surface area contributed by atoms with Gasteiger partial charge in [0.15, 0.2) is 5.56 Å². The fourth-order valence-electron chi connectivity index (χ4n) is 5.50. The van der Waals surface area contributed by atoms with Gasteiger partial charge in [-0.2, -0.15) is 0 Å². The third-order valence-electron chi connectivity index (χ3n) is 7.41. The van der Waals surface area contributed by atoms with Crippen molar-refractivity contribution in [3.8, 4) is 10.4 Å². The van der Waals surface area contributed by atoms with Crippen LogP contribution in [0.2, 0.25) is 0 Å². The number of fused-ring (bicyclic) bond motifs is 1. The first-order valence-corrected chi connectivity index (χ1v) is 14.4. The van der Waals surface area contributed by atoms with Crippen molar-refractivity contribution in [3.05, 3.63) is 51.2 Å². The first kappa shape index (κ1) is 27.8. The molecule has 0 radical (unpaired) electrons. The minimum absolute atomic E-state index is 0.0581. The van der Waals surface area contributed by atoms with Gasteiger partial charge in [-0.15, -0.1) is 11.3 Å². The number of esters is 1. The molecule has 1 aliphatic carbocycles. The van der Waals surface area contributed by atoms with Gasteiger partial charge in [0, 0.05) is 24.7 Å². The predicted octanol–water partition coefficient (Wildman–Crippen LogP) is 6.99. The van der Waals surface area contributed by atoms with Crippen LogP contribution in [-0.2, 0) is 9.47 Å². The van der Waals surface area contributed by atoms with E-state index in [2.05, 4.69) is 9.55 Å². The average molecular weight is 567 g/mol. The normalized spacial score (nSPS) is 16.6. The zero-order chi connectivity index (χ0) is 28.6. The van der Waals surface area contributed by atoms with Crippen LogP contribution in [0, 0.1) is 10.1 Å². The van der Waals surface area contributed by atoms with Gasteiger partial charge in [-0.1, -0.05) is 31.4 Å². The van der Waals surface area contributed by atoms with Gasteiger partial charge in [0.05, 0.1) is 34.3 Å². The van der Waals surface area contributed by atoms with E-state index < -0.39 is 22.6 Å². The van der Waals surface area contributed by atoms with Crippen LogP contribution >= 0.6 is 11.3 Å². The van der Waals surface area contributed by atoms with Gasteiger partial charge >= 0.3 is 17.7 Å². The molecule has 0 atom stereocenters. The fourth-order valence-corrected chi connectivity index (χ4v) is 6.82. The number of nitro groups is 1. The number of carbonyl (C=O) groups is 2. The summed E-state index contributed by atoms with van der Waals surface area (Å²) in [6.45, 7) is 6.07. The largest absolute Gasteiger partial charge is 0.465 e. The molecule has 3 aromatic rings. The highest BCUT2D eigenvalue weighted by Gasteiger charge is 2.36. The number of hydrogen-bond donors (Lipinski definition) is 0. The number of aromatic nitrogens is 2. The Bertz CT molecular complexity index is 1490. The number of nitrogens with zero attached hydrogens (tertiary/aromatic N) is 4. The van der Waals surface area contributed by atoms with Crippen LogP contribution < -0.4 is 0 Å². The lowest BCUT2D eigenvalue weighted by Crippen LogP contribution is -2.39. The second kappa shape index (κ2) is 11.0. The summed E-state index contributed by atoms with van der Waals surface area (Å²) in [7, 11) is 1.22. The van der Waals surface area contributed by atoms with Crippen molar-refractivity contribution >= 4 is 45.7 Å². The summed E-state index contributed by atoms with van der Waals surface area (Å²) in [6, 6.07) is 6.10. The molecule has 0 spiro atoms. The van der Waals surface area contributed by atoms with E-state index in [-0.39, 0.29) is 17.8 Å². The molecule has 1 saturated carbocycles. The first-order chi connectivity index (χ1) is 19.1. The van der Waals surface area contributed by atoms with Crippen molar-refractivity contribution in [3.63, 3.8) is 0 Å². The predicted molar refractivity (Wildman–Crippen MR) is 154 cm³/mol. The number of carbonyl (C=O) groups excluding carboxylic acids is 2. The molecule has 2 aromatic heterocycles. The maximum absolute atomic E-state index is 12.9. The van der Waals surface area contributed by atoms with E-state index >= 15 is 0 Å². The van der Waals surface area contributed by atoms with Crippen molar-refractivity contribution in [1.29, 1.82) is 0 Å². The highest BCUT2D eigenvalue weighted by atomic mass is 32.1. The molecule has 1 fully saturated rings. The van der Waals surface area contributed by atoms with Crippen LogP contribution in [0.4, 0.5) is 10.5 Å². The molecular formula is C29H34N4O6S. The molecule has 1 aromatic carbocycles.